The highest BCUT2D eigenvalue weighted by Crippen LogP contribution is 2.11. The largest absolute Gasteiger partial charge is 0.444 e. The van der Waals surface area contributed by atoms with E-state index in [0.717, 1.165) is 6.42 Å². The van der Waals surface area contributed by atoms with E-state index in [-0.39, 0.29) is 11.9 Å². The molecule has 0 saturated carbocycles. The molecule has 5 heteroatoms. The van der Waals surface area contributed by atoms with Gasteiger partial charge in [0.1, 0.15) is 5.60 Å². The van der Waals surface area contributed by atoms with Crippen LogP contribution in [0.25, 0.3) is 0 Å². The minimum atomic E-state index is -0.501. The number of carbonyl (C=O) groups excluding carboxylic acids is 2. The number of nitrogens with one attached hydrogen (secondary N) is 1. The highest BCUT2D eigenvalue weighted by atomic mass is 16.6. The average Bonchev–Trinajstić information content (AvgIpc) is 2.62. The van der Waals surface area contributed by atoms with Crippen LogP contribution in [0, 0.1) is 0 Å². The third-order valence-electron chi connectivity index (χ3n) is 2.40. The molecule has 0 unspecified atom stereocenters. The van der Waals surface area contributed by atoms with E-state index in [2.05, 4.69) is 11.9 Å². The predicted octanol–water partition coefficient (Wildman–Crippen LogP) is 1.30. The second-order valence-corrected chi connectivity index (χ2v) is 5.12. The van der Waals surface area contributed by atoms with Crippen molar-refractivity contribution in [1.29, 1.82) is 0 Å². The molecular weight excluding hydrogens is 220 g/mol. The SMILES string of the molecule is C=CC(=O)N1CC[C@H](NC(=O)OC(C)(C)C)C1. The summed E-state index contributed by atoms with van der Waals surface area (Å²) in [5.74, 6) is -0.0986. The summed E-state index contributed by atoms with van der Waals surface area (Å²) in [5.41, 5.74) is -0.501. The zero-order valence-electron chi connectivity index (χ0n) is 10.7. The minimum Gasteiger partial charge on any atom is -0.444 e. The molecule has 0 radical (unpaired) electrons. The highest BCUT2D eigenvalue weighted by Gasteiger charge is 2.27. The van der Waals surface area contributed by atoms with Crippen LogP contribution >= 0.6 is 0 Å². The van der Waals surface area contributed by atoms with Gasteiger partial charge in [-0.1, -0.05) is 6.58 Å². The van der Waals surface area contributed by atoms with E-state index < -0.39 is 11.7 Å². The van der Waals surface area contributed by atoms with Crippen LogP contribution in [0.15, 0.2) is 12.7 Å². The maximum absolute atomic E-state index is 11.5. The van der Waals surface area contributed by atoms with Gasteiger partial charge >= 0.3 is 6.09 Å². The van der Waals surface area contributed by atoms with Gasteiger partial charge in [-0.2, -0.15) is 0 Å². The van der Waals surface area contributed by atoms with E-state index in [4.69, 9.17) is 4.74 Å². The molecule has 1 aliphatic heterocycles. The van der Waals surface area contributed by atoms with E-state index >= 15 is 0 Å². The Balaban J connectivity index is 2.38. The third-order valence-corrected chi connectivity index (χ3v) is 2.40. The van der Waals surface area contributed by atoms with Crippen molar-refractivity contribution in [1.82, 2.24) is 10.2 Å². The number of alkyl carbamates (subject to hydrolysis) is 1. The van der Waals surface area contributed by atoms with Crippen molar-refractivity contribution in [3.63, 3.8) is 0 Å². The highest BCUT2D eigenvalue weighted by molar-refractivity contribution is 5.87. The lowest BCUT2D eigenvalue weighted by Gasteiger charge is -2.21. The van der Waals surface area contributed by atoms with Gasteiger partial charge < -0.3 is 15.0 Å². The first-order valence-corrected chi connectivity index (χ1v) is 5.72. The third kappa shape index (κ3) is 4.46. The smallest absolute Gasteiger partial charge is 0.407 e. The van der Waals surface area contributed by atoms with Crippen molar-refractivity contribution < 1.29 is 14.3 Å². The summed E-state index contributed by atoms with van der Waals surface area (Å²) in [6.07, 6.45) is 1.60. The minimum absolute atomic E-state index is 0.0336. The lowest BCUT2D eigenvalue weighted by atomic mass is 10.2. The molecule has 5 nitrogen and oxygen atoms in total. The molecule has 2 amide bonds. The van der Waals surface area contributed by atoms with E-state index in [9.17, 15) is 9.59 Å². The quantitative estimate of drug-likeness (QED) is 0.740. The van der Waals surface area contributed by atoms with Gasteiger partial charge in [-0.25, -0.2) is 4.79 Å². The van der Waals surface area contributed by atoms with Crippen molar-refractivity contribution in [2.45, 2.75) is 38.8 Å². The fourth-order valence-corrected chi connectivity index (χ4v) is 1.68. The molecule has 0 spiro atoms. The number of amides is 2. The van der Waals surface area contributed by atoms with Gasteiger partial charge in [0.05, 0.1) is 6.04 Å². The van der Waals surface area contributed by atoms with Gasteiger partial charge in [0, 0.05) is 13.1 Å². The van der Waals surface area contributed by atoms with Crippen LogP contribution < -0.4 is 5.32 Å². The topological polar surface area (TPSA) is 58.6 Å². The Kier molecular flexibility index (Phi) is 4.15. The van der Waals surface area contributed by atoms with Crippen molar-refractivity contribution in [3.8, 4) is 0 Å². The van der Waals surface area contributed by atoms with Crippen molar-refractivity contribution >= 4 is 12.0 Å². The Morgan fingerprint density at radius 1 is 1.47 bits per heavy atom. The Morgan fingerprint density at radius 3 is 2.65 bits per heavy atom. The van der Waals surface area contributed by atoms with Gasteiger partial charge in [-0.3, -0.25) is 4.79 Å². The molecule has 1 atom stereocenters. The summed E-state index contributed by atoms with van der Waals surface area (Å²) < 4.78 is 5.15. The average molecular weight is 240 g/mol. The monoisotopic (exact) mass is 240 g/mol. The zero-order chi connectivity index (χ0) is 13.1. The van der Waals surface area contributed by atoms with Gasteiger partial charge in [0.2, 0.25) is 5.91 Å². The molecule has 0 aromatic carbocycles. The van der Waals surface area contributed by atoms with E-state index in [0.29, 0.717) is 13.1 Å². The first kappa shape index (κ1) is 13.5. The van der Waals surface area contributed by atoms with Crippen LogP contribution in [0.1, 0.15) is 27.2 Å². The van der Waals surface area contributed by atoms with E-state index in [1.807, 2.05) is 20.8 Å². The van der Waals surface area contributed by atoms with Crippen LogP contribution in [0.4, 0.5) is 4.79 Å². The number of hydrogen-bond acceptors (Lipinski definition) is 3. The molecule has 1 heterocycles. The zero-order valence-corrected chi connectivity index (χ0v) is 10.7. The molecule has 1 aliphatic rings. The van der Waals surface area contributed by atoms with Gasteiger partial charge in [0.15, 0.2) is 0 Å². The Labute approximate surface area is 102 Å². The molecule has 1 rings (SSSR count). The normalized spacial score (nSPS) is 19.9. The Bertz CT molecular complexity index is 320. The molecule has 1 saturated heterocycles. The van der Waals surface area contributed by atoms with E-state index in [1.165, 1.54) is 6.08 Å². The number of ether oxygens (including phenoxy) is 1. The van der Waals surface area contributed by atoms with Crippen LogP contribution in [-0.4, -0.2) is 41.6 Å². The van der Waals surface area contributed by atoms with Crippen LogP contribution in [0.2, 0.25) is 0 Å². The maximum Gasteiger partial charge on any atom is 0.407 e. The molecule has 17 heavy (non-hydrogen) atoms. The summed E-state index contributed by atoms with van der Waals surface area (Å²) in [6, 6.07) is -0.0336. The van der Waals surface area contributed by atoms with Crippen LogP contribution in [0.3, 0.4) is 0 Å². The summed E-state index contributed by atoms with van der Waals surface area (Å²) in [5, 5.41) is 2.76. The first-order valence-electron chi connectivity index (χ1n) is 5.72. The standard InChI is InChI=1S/C12H20N2O3/c1-5-10(15)14-7-6-9(8-14)13-11(16)17-12(2,3)4/h5,9H,1,6-8H2,2-4H3,(H,13,16)/t9-/m0/s1. The van der Waals surface area contributed by atoms with Gasteiger partial charge in [-0.15, -0.1) is 0 Å². The number of nitrogens with zero attached hydrogens (tertiary/aromatic N) is 1. The van der Waals surface area contributed by atoms with Crippen LogP contribution in [0.5, 0.6) is 0 Å². The van der Waals surface area contributed by atoms with Crippen molar-refractivity contribution in [3.05, 3.63) is 12.7 Å². The maximum atomic E-state index is 11.5. The number of likely N-dealkylation sites (tertiary alicyclic amines) is 1. The predicted molar refractivity (Wildman–Crippen MR) is 64.6 cm³/mol. The number of hydrogen-bond donors (Lipinski definition) is 1. The Morgan fingerprint density at radius 2 is 2.12 bits per heavy atom. The Hall–Kier alpha value is -1.52. The summed E-state index contributed by atoms with van der Waals surface area (Å²) in [7, 11) is 0. The second kappa shape index (κ2) is 5.21. The summed E-state index contributed by atoms with van der Waals surface area (Å²) >= 11 is 0. The fourth-order valence-electron chi connectivity index (χ4n) is 1.68. The number of rotatable bonds is 2. The molecule has 0 aromatic rings. The fraction of sp³-hybridized carbons (Fsp3) is 0.667. The lowest BCUT2D eigenvalue weighted by molar-refractivity contribution is -0.125. The van der Waals surface area contributed by atoms with Gasteiger partial charge in [0.25, 0.3) is 0 Å². The summed E-state index contributed by atoms with van der Waals surface area (Å²) in [6.45, 7) is 10.0. The second-order valence-electron chi connectivity index (χ2n) is 5.12. The molecule has 0 bridgehead atoms. The summed E-state index contributed by atoms with van der Waals surface area (Å²) in [4.78, 5) is 24.5. The number of carbonyl (C=O) groups is 2. The molecule has 1 fully saturated rings. The van der Waals surface area contributed by atoms with Crippen LogP contribution in [-0.2, 0) is 9.53 Å². The molecule has 0 aliphatic carbocycles. The lowest BCUT2D eigenvalue weighted by Crippen LogP contribution is -2.41. The van der Waals surface area contributed by atoms with Gasteiger partial charge in [-0.05, 0) is 33.3 Å². The molecular formula is C12H20N2O3. The van der Waals surface area contributed by atoms with Crippen molar-refractivity contribution in [2.75, 3.05) is 13.1 Å². The molecule has 1 N–H and O–H groups in total. The van der Waals surface area contributed by atoms with Crippen molar-refractivity contribution in [2.24, 2.45) is 0 Å². The molecule has 96 valence electrons. The first-order chi connectivity index (χ1) is 7.81. The van der Waals surface area contributed by atoms with E-state index in [1.54, 1.807) is 4.90 Å². The molecule has 0 aromatic heterocycles.